The van der Waals surface area contributed by atoms with Gasteiger partial charge in [-0.25, -0.2) is 4.39 Å². The van der Waals surface area contributed by atoms with Crippen LogP contribution in [0, 0.1) is 19.7 Å². The summed E-state index contributed by atoms with van der Waals surface area (Å²) in [6.45, 7) is 17.1. The molecule has 0 N–H and O–H groups in total. The molecule has 1 unspecified atom stereocenters. The number of rotatable bonds is 10. The summed E-state index contributed by atoms with van der Waals surface area (Å²) in [6, 6.07) is 25.4. The van der Waals surface area contributed by atoms with Gasteiger partial charge in [-0.3, -0.25) is 19.5 Å². The number of halogens is 1. The van der Waals surface area contributed by atoms with Gasteiger partial charge in [0.2, 0.25) is 5.91 Å². The first-order valence-electron chi connectivity index (χ1n) is 16.1. The third-order valence-electron chi connectivity index (χ3n) is 9.54. The molecule has 43 heavy (non-hydrogen) atoms. The third kappa shape index (κ3) is 8.31. The molecule has 1 atom stereocenters. The molecular weight excluding hydrogens is 535 g/mol. The number of nitrogens with zero attached hydrogens (tertiary/aromatic N) is 4. The Morgan fingerprint density at radius 2 is 1.16 bits per heavy atom. The Morgan fingerprint density at radius 1 is 0.674 bits per heavy atom. The van der Waals surface area contributed by atoms with E-state index in [4.69, 9.17) is 0 Å². The molecule has 3 aromatic carbocycles. The normalized spacial score (nSPS) is 18.0. The SMILES string of the molecule is Cc1ccc(C(CCC(=O)N2CCN(CC(c3ccc(F)cc3)N3CCN(C(C)C)CC3)CC2)c2ccc(C)cc2)cc1. The van der Waals surface area contributed by atoms with Gasteiger partial charge in [-0.1, -0.05) is 71.8 Å². The van der Waals surface area contributed by atoms with Gasteiger partial charge >= 0.3 is 0 Å². The molecule has 6 heteroatoms. The van der Waals surface area contributed by atoms with Crippen molar-refractivity contribution in [3.8, 4) is 0 Å². The average Bonchev–Trinajstić information content (AvgIpc) is 3.02. The molecule has 230 valence electrons. The fourth-order valence-electron chi connectivity index (χ4n) is 6.66. The zero-order chi connectivity index (χ0) is 30.3. The topological polar surface area (TPSA) is 30.0 Å². The van der Waals surface area contributed by atoms with E-state index in [1.54, 1.807) is 12.1 Å². The van der Waals surface area contributed by atoms with Crippen LogP contribution < -0.4 is 0 Å². The molecule has 0 aliphatic carbocycles. The van der Waals surface area contributed by atoms with Crippen LogP contribution in [0.15, 0.2) is 72.8 Å². The third-order valence-corrected chi connectivity index (χ3v) is 9.54. The summed E-state index contributed by atoms with van der Waals surface area (Å²) in [5, 5.41) is 0. The van der Waals surface area contributed by atoms with Gasteiger partial charge in [-0.2, -0.15) is 0 Å². The summed E-state index contributed by atoms with van der Waals surface area (Å²) < 4.78 is 13.8. The molecule has 2 fully saturated rings. The first kappa shape index (κ1) is 31.4. The zero-order valence-corrected chi connectivity index (χ0v) is 26.5. The minimum Gasteiger partial charge on any atom is -0.340 e. The summed E-state index contributed by atoms with van der Waals surface area (Å²) in [6.07, 6.45) is 1.35. The van der Waals surface area contributed by atoms with Gasteiger partial charge < -0.3 is 4.90 Å². The molecule has 2 aliphatic rings. The molecule has 2 saturated heterocycles. The highest BCUT2D eigenvalue weighted by Gasteiger charge is 2.30. The number of amides is 1. The Bertz CT molecular complexity index is 1250. The Hall–Kier alpha value is -3.06. The van der Waals surface area contributed by atoms with E-state index >= 15 is 0 Å². The van der Waals surface area contributed by atoms with Crippen LogP contribution in [0.25, 0.3) is 0 Å². The Balaban J connectivity index is 1.18. The van der Waals surface area contributed by atoms with Crippen LogP contribution in [-0.4, -0.2) is 90.5 Å². The van der Waals surface area contributed by atoms with E-state index in [-0.39, 0.29) is 23.7 Å². The van der Waals surface area contributed by atoms with Gasteiger partial charge in [0.15, 0.2) is 0 Å². The van der Waals surface area contributed by atoms with E-state index < -0.39 is 0 Å². The molecule has 2 heterocycles. The number of hydrogen-bond donors (Lipinski definition) is 0. The highest BCUT2D eigenvalue weighted by Crippen LogP contribution is 2.31. The number of carbonyl (C=O) groups excluding carboxylic acids is 1. The predicted molar refractivity (Wildman–Crippen MR) is 174 cm³/mol. The van der Waals surface area contributed by atoms with Gasteiger partial charge in [-0.05, 0) is 62.9 Å². The fraction of sp³-hybridized carbons (Fsp3) is 0.486. The molecule has 5 nitrogen and oxygen atoms in total. The smallest absolute Gasteiger partial charge is 0.222 e. The van der Waals surface area contributed by atoms with E-state index in [1.165, 1.54) is 27.8 Å². The number of hydrogen-bond acceptors (Lipinski definition) is 4. The molecule has 1 amide bonds. The van der Waals surface area contributed by atoms with Crippen molar-refractivity contribution in [2.75, 3.05) is 58.9 Å². The highest BCUT2D eigenvalue weighted by atomic mass is 19.1. The minimum absolute atomic E-state index is 0.189. The lowest BCUT2D eigenvalue weighted by Gasteiger charge is -2.43. The lowest BCUT2D eigenvalue weighted by Crippen LogP contribution is -2.54. The second kappa shape index (κ2) is 14.6. The standard InChI is InChI=1S/C37H49FN4O/c1-28(2)40-23-25-41(26-24-40)36(33-13-15-34(38)16-14-33)27-39-19-21-42(22-20-39)37(43)18-17-35(31-9-5-29(3)6-10-31)32-11-7-30(4)8-12-32/h5-16,28,35-36H,17-27H2,1-4H3. The molecule has 0 spiro atoms. The second-order valence-corrected chi connectivity index (χ2v) is 12.8. The number of piperazine rings is 2. The van der Waals surface area contributed by atoms with Crippen LogP contribution in [0.4, 0.5) is 4.39 Å². The Morgan fingerprint density at radius 3 is 1.67 bits per heavy atom. The molecule has 5 rings (SSSR count). The molecule has 3 aromatic rings. The van der Waals surface area contributed by atoms with Crippen molar-refractivity contribution < 1.29 is 9.18 Å². The lowest BCUT2D eigenvalue weighted by molar-refractivity contribution is -0.133. The van der Waals surface area contributed by atoms with Crippen molar-refractivity contribution in [3.05, 3.63) is 106 Å². The summed E-state index contributed by atoms with van der Waals surface area (Å²) in [5.74, 6) is 0.272. The second-order valence-electron chi connectivity index (χ2n) is 12.8. The minimum atomic E-state index is -0.189. The van der Waals surface area contributed by atoms with Gasteiger partial charge in [0, 0.05) is 83.3 Å². The van der Waals surface area contributed by atoms with Crippen LogP contribution in [-0.2, 0) is 4.79 Å². The summed E-state index contributed by atoms with van der Waals surface area (Å²) >= 11 is 0. The number of aryl methyl sites for hydroxylation is 2. The number of benzene rings is 3. The summed E-state index contributed by atoms with van der Waals surface area (Å²) in [7, 11) is 0. The number of carbonyl (C=O) groups is 1. The molecule has 0 radical (unpaired) electrons. The van der Waals surface area contributed by atoms with Crippen molar-refractivity contribution in [1.82, 2.24) is 19.6 Å². The molecule has 0 saturated carbocycles. The maximum absolute atomic E-state index is 13.8. The summed E-state index contributed by atoms with van der Waals surface area (Å²) in [5.41, 5.74) is 6.22. The van der Waals surface area contributed by atoms with Crippen molar-refractivity contribution in [2.24, 2.45) is 0 Å². The van der Waals surface area contributed by atoms with Gasteiger partial charge in [0.1, 0.15) is 5.82 Å². The predicted octanol–water partition coefficient (Wildman–Crippen LogP) is 6.27. The highest BCUT2D eigenvalue weighted by molar-refractivity contribution is 5.76. The maximum atomic E-state index is 13.8. The average molecular weight is 585 g/mol. The van der Waals surface area contributed by atoms with E-state index in [0.29, 0.717) is 12.5 Å². The van der Waals surface area contributed by atoms with Crippen LogP contribution in [0.3, 0.4) is 0 Å². The summed E-state index contributed by atoms with van der Waals surface area (Å²) in [4.78, 5) is 23.1. The molecule has 0 aromatic heterocycles. The largest absolute Gasteiger partial charge is 0.340 e. The van der Waals surface area contributed by atoms with Crippen LogP contribution >= 0.6 is 0 Å². The fourth-order valence-corrected chi connectivity index (χ4v) is 6.66. The van der Waals surface area contributed by atoms with Gasteiger partial charge in [0.25, 0.3) is 0 Å². The first-order valence-corrected chi connectivity index (χ1v) is 16.1. The van der Waals surface area contributed by atoms with Crippen molar-refractivity contribution in [1.29, 1.82) is 0 Å². The maximum Gasteiger partial charge on any atom is 0.222 e. The quantitative estimate of drug-likeness (QED) is 0.281. The van der Waals surface area contributed by atoms with E-state index in [9.17, 15) is 9.18 Å². The van der Waals surface area contributed by atoms with Gasteiger partial charge in [-0.15, -0.1) is 0 Å². The Kier molecular flexibility index (Phi) is 10.7. The van der Waals surface area contributed by atoms with Crippen molar-refractivity contribution in [3.63, 3.8) is 0 Å². The van der Waals surface area contributed by atoms with E-state index in [2.05, 4.69) is 95.8 Å². The molecular formula is C37H49FN4O. The first-order chi connectivity index (χ1) is 20.8. The zero-order valence-electron chi connectivity index (χ0n) is 26.5. The van der Waals surface area contributed by atoms with Gasteiger partial charge in [0.05, 0.1) is 0 Å². The van der Waals surface area contributed by atoms with E-state index in [1.807, 2.05) is 12.1 Å². The van der Waals surface area contributed by atoms with Crippen LogP contribution in [0.1, 0.15) is 66.5 Å². The monoisotopic (exact) mass is 584 g/mol. The Labute approximate surface area is 258 Å². The molecule has 2 aliphatic heterocycles. The van der Waals surface area contributed by atoms with Crippen molar-refractivity contribution in [2.45, 2.75) is 58.5 Å². The molecule has 0 bridgehead atoms. The van der Waals surface area contributed by atoms with Crippen molar-refractivity contribution >= 4 is 5.91 Å². The van der Waals surface area contributed by atoms with E-state index in [0.717, 1.165) is 65.3 Å². The lowest BCUT2D eigenvalue weighted by atomic mass is 9.86. The van der Waals surface area contributed by atoms with Crippen LogP contribution in [0.5, 0.6) is 0 Å². The van der Waals surface area contributed by atoms with Crippen LogP contribution in [0.2, 0.25) is 0 Å².